The maximum Gasteiger partial charge on any atom is 0.183 e. The molecule has 0 N–H and O–H groups in total. The van der Waals surface area contributed by atoms with Crippen LogP contribution in [0.2, 0.25) is 0 Å². The molecule has 1 aromatic carbocycles. The number of likely N-dealkylation sites (tertiary alicyclic amines) is 1. The Labute approximate surface area is 156 Å². The summed E-state index contributed by atoms with van der Waals surface area (Å²) in [6.07, 6.45) is 4.33. The molecule has 6 heteroatoms. The number of hydrogen-bond acceptors (Lipinski definition) is 5. The van der Waals surface area contributed by atoms with Crippen molar-refractivity contribution in [3.8, 4) is 11.3 Å². The standard InChI is InChI=1S/C20H21N5S/c1-13-18(15-5-6-17-14(10-15)7-9-26-17)22-23-20-19(13)21-12-25(20)16-4-3-8-24(2)11-16/h5-7,9-10,12,16H,3-4,8,11H2,1-2H3/t16-/m1/s1. The van der Waals surface area contributed by atoms with E-state index in [1.165, 1.54) is 29.5 Å². The lowest BCUT2D eigenvalue weighted by molar-refractivity contribution is 0.214. The Kier molecular flexibility index (Phi) is 3.76. The summed E-state index contributed by atoms with van der Waals surface area (Å²) in [6, 6.07) is 9.08. The first-order valence-corrected chi connectivity index (χ1v) is 9.94. The van der Waals surface area contributed by atoms with Crippen LogP contribution in [0, 0.1) is 6.92 Å². The predicted molar refractivity (Wildman–Crippen MR) is 107 cm³/mol. The molecule has 0 bridgehead atoms. The summed E-state index contributed by atoms with van der Waals surface area (Å²) in [7, 11) is 2.18. The molecule has 1 aliphatic rings. The van der Waals surface area contributed by atoms with Crippen LogP contribution in [0.1, 0.15) is 24.4 Å². The second-order valence-electron chi connectivity index (χ2n) is 7.23. The van der Waals surface area contributed by atoms with Crippen molar-refractivity contribution in [2.45, 2.75) is 25.8 Å². The van der Waals surface area contributed by atoms with E-state index in [9.17, 15) is 0 Å². The number of fused-ring (bicyclic) bond motifs is 2. The highest BCUT2D eigenvalue weighted by Gasteiger charge is 2.22. The molecule has 5 nitrogen and oxygen atoms in total. The maximum absolute atomic E-state index is 4.70. The average Bonchev–Trinajstić information content (AvgIpc) is 3.28. The van der Waals surface area contributed by atoms with Crippen molar-refractivity contribution in [3.05, 3.63) is 41.5 Å². The molecule has 26 heavy (non-hydrogen) atoms. The summed E-state index contributed by atoms with van der Waals surface area (Å²) in [5.74, 6) is 0. The van der Waals surface area contributed by atoms with Gasteiger partial charge in [-0.2, -0.15) is 0 Å². The molecule has 0 amide bonds. The Bertz CT molecular complexity index is 1100. The van der Waals surface area contributed by atoms with Gasteiger partial charge >= 0.3 is 0 Å². The van der Waals surface area contributed by atoms with Crippen molar-refractivity contribution in [3.63, 3.8) is 0 Å². The Morgan fingerprint density at radius 2 is 2.12 bits per heavy atom. The summed E-state index contributed by atoms with van der Waals surface area (Å²) in [6.45, 7) is 4.32. The van der Waals surface area contributed by atoms with Gasteiger partial charge in [0.05, 0.1) is 12.0 Å². The Balaban J connectivity index is 1.59. The third-order valence-corrected chi connectivity index (χ3v) is 6.34. The van der Waals surface area contributed by atoms with Crippen LogP contribution >= 0.6 is 11.3 Å². The number of thiophene rings is 1. The molecule has 0 unspecified atom stereocenters. The first kappa shape index (κ1) is 15.9. The van der Waals surface area contributed by atoms with E-state index in [0.717, 1.165) is 34.5 Å². The van der Waals surface area contributed by atoms with Crippen molar-refractivity contribution in [2.24, 2.45) is 0 Å². The highest BCUT2D eigenvalue weighted by Crippen LogP contribution is 2.31. The van der Waals surface area contributed by atoms with Gasteiger partial charge in [-0.1, -0.05) is 6.07 Å². The number of aryl methyl sites for hydroxylation is 1. The Morgan fingerprint density at radius 3 is 3.00 bits per heavy atom. The van der Waals surface area contributed by atoms with E-state index in [1.54, 1.807) is 11.3 Å². The highest BCUT2D eigenvalue weighted by molar-refractivity contribution is 7.17. The molecule has 1 aliphatic heterocycles. The van der Waals surface area contributed by atoms with E-state index in [4.69, 9.17) is 4.98 Å². The molecule has 4 heterocycles. The third kappa shape index (κ3) is 2.52. The molecule has 0 radical (unpaired) electrons. The van der Waals surface area contributed by atoms with E-state index in [1.807, 2.05) is 6.33 Å². The van der Waals surface area contributed by atoms with Crippen LogP contribution in [-0.2, 0) is 0 Å². The number of hydrogen-bond donors (Lipinski definition) is 0. The van der Waals surface area contributed by atoms with E-state index in [-0.39, 0.29) is 0 Å². The van der Waals surface area contributed by atoms with E-state index >= 15 is 0 Å². The van der Waals surface area contributed by atoms with Gasteiger partial charge in [0.15, 0.2) is 5.65 Å². The Hall–Kier alpha value is -2.31. The van der Waals surface area contributed by atoms with Gasteiger partial charge in [-0.3, -0.25) is 0 Å². The van der Waals surface area contributed by atoms with Gasteiger partial charge < -0.3 is 9.47 Å². The molecule has 0 saturated carbocycles. The summed E-state index contributed by atoms with van der Waals surface area (Å²) < 4.78 is 3.52. The number of piperidine rings is 1. The SMILES string of the molecule is Cc1c(-c2ccc3sccc3c2)nnc2c1ncn2[C@@H]1CCCN(C)C1. The second-order valence-corrected chi connectivity index (χ2v) is 8.18. The monoisotopic (exact) mass is 363 g/mol. The number of nitrogens with zero attached hydrogens (tertiary/aromatic N) is 5. The number of likely N-dealkylation sites (N-methyl/N-ethyl adjacent to an activating group) is 1. The van der Waals surface area contributed by atoms with Crippen LogP contribution < -0.4 is 0 Å². The normalized spacial score (nSPS) is 18.8. The van der Waals surface area contributed by atoms with E-state index < -0.39 is 0 Å². The second kappa shape index (κ2) is 6.14. The lowest BCUT2D eigenvalue weighted by atomic mass is 10.0. The van der Waals surface area contributed by atoms with Gasteiger partial charge in [-0.05, 0) is 62.3 Å². The fourth-order valence-electron chi connectivity index (χ4n) is 4.02. The molecule has 1 fully saturated rings. The zero-order chi connectivity index (χ0) is 17.7. The van der Waals surface area contributed by atoms with Crippen molar-refractivity contribution in [1.29, 1.82) is 0 Å². The molecule has 0 spiro atoms. The van der Waals surface area contributed by atoms with Gasteiger partial charge in [0.1, 0.15) is 5.52 Å². The first-order chi connectivity index (χ1) is 12.7. The third-order valence-electron chi connectivity index (χ3n) is 5.44. The molecule has 1 saturated heterocycles. The minimum Gasteiger partial charge on any atom is -0.309 e. The lowest BCUT2D eigenvalue weighted by Gasteiger charge is -2.30. The maximum atomic E-state index is 4.70. The quantitative estimate of drug-likeness (QED) is 0.533. The van der Waals surface area contributed by atoms with Crippen LogP contribution in [0.25, 0.3) is 32.5 Å². The van der Waals surface area contributed by atoms with Crippen LogP contribution in [-0.4, -0.2) is 44.8 Å². The summed E-state index contributed by atoms with van der Waals surface area (Å²) in [4.78, 5) is 7.08. The fraction of sp³-hybridized carbons (Fsp3) is 0.350. The molecule has 1 atom stereocenters. The molecule has 5 rings (SSSR count). The van der Waals surface area contributed by atoms with Crippen LogP contribution in [0.5, 0.6) is 0 Å². The Morgan fingerprint density at radius 1 is 1.19 bits per heavy atom. The van der Waals surface area contributed by atoms with Crippen molar-refractivity contribution < 1.29 is 0 Å². The molecule has 3 aromatic heterocycles. The van der Waals surface area contributed by atoms with Crippen molar-refractivity contribution >= 4 is 32.6 Å². The molecular weight excluding hydrogens is 342 g/mol. The topological polar surface area (TPSA) is 46.8 Å². The fourth-order valence-corrected chi connectivity index (χ4v) is 4.80. The van der Waals surface area contributed by atoms with E-state index in [2.05, 4.69) is 63.3 Å². The molecule has 0 aliphatic carbocycles. The number of imidazole rings is 1. The number of benzene rings is 1. The van der Waals surface area contributed by atoms with Gasteiger partial charge in [-0.25, -0.2) is 4.98 Å². The van der Waals surface area contributed by atoms with E-state index in [0.29, 0.717) is 6.04 Å². The van der Waals surface area contributed by atoms with Gasteiger partial charge in [-0.15, -0.1) is 21.5 Å². The van der Waals surface area contributed by atoms with Crippen LogP contribution in [0.3, 0.4) is 0 Å². The van der Waals surface area contributed by atoms with Gasteiger partial charge in [0, 0.05) is 28.4 Å². The summed E-state index contributed by atoms with van der Waals surface area (Å²) in [5, 5.41) is 12.6. The lowest BCUT2D eigenvalue weighted by Crippen LogP contribution is -2.33. The zero-order valence-corrected chi connectivity index (χ0v) is 15.8. The molecule has 132 valence electrons. The van der Waals surface area contributed by atoms with Crippen LogP contribution in [0.15, 0.2) is 36.0 Å². The zero-order valence-electron chi connectivity index (χ0n) is 15.0. The minimum atomic E-state index is 0.431. The van der Waals surface area contributed by atoms with Crippen molar-refractivity contribution in [2.75, 3.05) is 20.1 Å². The van der Waals surface area contributed by atoms with Gasteiger partial charge in [0.2, 0.25) is 0 Å². The molecular formula is C20H21N5S. The first-order valence-electron chi connectivity index (χ1n) is 9.07. The predicted octanol–water partition coefficient (Wildman–Crippen LogP) is 4.28. The highest BCUT2D eigenvalue weighted by atomic mass is 32.1. The summed E-state index contributed by atoms with van der Waals surface area (Å²) >= 11 is 1.76. The van der Waals surface area contributed by atoms with Gasteiger partial charge in [0.25, 0.3) is 0 Å². The smallest absolute Gasteiger partial charge is 0.183 e. The van der Waals surface area contributed by atoms with Crippen LogP contribution in [0.4, 0.5) is 0 Å². The number of rotatable bonds is 2. The number of aromatic nitrogens is 4. The molecule has 4 aromatic rings. The summed E-state index contributed by atoms with van der Waals surface area (Å²) in [5.41, 5.74) is 5.01. The largest absolute Gasteiger partial charge is 0.309 e. The minimum absolute atomic E-state index is 0.431. The van der Waals surface area contributed by atoms with Crippen molar-refractivity contribution in [1.82, 2.24) is 24.6 Å². The average molecular weight is 363 g/mol.